The van der Waals surface area contributed by atoms with Gasteiger partial charge >= 0.3 is 17.9 Å². The lowest BCUT2D eigenvalue weighted by atomic mass is 9.83. The number of hydrogen-bond donors (Lipinski definition) is 0. The first kappa shape index (κ1) is 22.6. The Bertz CT molecular complexity index is 960. The fraction of sp³-hybridized carbons (Fsp3) is 0.435. The summed E-state index contributed by atoms with van der Waals surface area (Å²) in [7, 11) is 0. The summed E-state index contributed by atoms with van der Waals surface area (Å²) in [5, 5.41) is 0. The van der Waals surface area contributed by atoms with E-state index in [-0.39, 0.29) is 13.2 Å². The van der Waals surface area contributed by atoms with Crippen molar-refractivity contribution in [1.82, 2.24) is 0 Å². The number of carbonyl (C=O) groups is 3. The normalized spacial score (nSPS) is 18.6. The van der Waals surface area contributed by atoms with E-state index in [1.165, 1.54) is 13.8 Å². The Morgan fingerprint density at radius 3 is 2.55 bits per heavy atom. The molecule has 0 spiro atoms. The van der Waals surface area contributed by atoms with Crippen LogP contribution in [0.3, 0.4) is 0 Å². The van der Waals surface area contributed by atoms with Crippen LogP contribution in [-0.4, -0.2) is 43.3 Å². The van der Waals surface area contributed by atoms with Gasteiger partial charge in [0.05, 0.1) is 19.1 Å². The quantitative estimate of drug-likeness (QED) is 0.487. The van der Waals surface area contributed by atoms with Crippen LogP contribution in [0.5, 0.6) is 0 Å². The minimum atomic E-state index is -0.865. The maximum Gasteiger partial charge on any atom is 0.341 e. The number of rotatable bonds is 7. The molecule has 0 unspecified atom stereocenters. The molecular weight excluding hydrogens is 404 g/mol. The van der Waals surface area contributed by atoms with Gasteiger partial charge in [0.1, 0.15) is 29.8 Å². The average Bonchev–Trinajstić information content (AvgIpc) is 3.11. The van der Waals surface area contributed by atoms with Crippen LogP contribution in [0.2, 0.25) is 0 Å². The topological polar surface area (TPSA) is 101 Å². The molecule has 166 valence electrons. The fourth-order valence-corrected chi connectivity index (χ4v) is 3.74. The molecule has 8 nitrogen and oxygen atoms in total. The molecule has 0 N–H and O–H groups in total. The number of esters is 3. The highest BCUT2D eigenvalue weighted by molar-refractivity contribution is 5.90. The molecule has 1 aliphatic heterocycles. The lowest BCUT2D eigenvalue weighted by Gasteiger charge is -2.36. The van der Waals surface area contributed by atoms with Gasteiger partial charge in [0.15, 0.2) is 6.10 Å². The van der Waals surface area contributed by atoms with E-state index in [1.54, 1.807) is 19.9 Å². The second kappa shape index (κ2) is 9.78. The van der Waals surface area contributed by atoms with Gasteiger partial charge in [0, 0.05) is 13.8 Å². The van der Waals surface area contributed by atoms with Crippen LogP contribution in [0, 0.1) is 6.92 Å². The van der Waals surface area contributed by atoms with E-state index in [9.17, 15) is 14.4 Å². The van der Waals surface area contributed by atoms with Crippen molar-refractivity contribution in [3.05, 3.63) is 58.5 Å². The zero-order valence-electron chi connectivity index (χ0n) is 18.0. The summed E-state index contributed by atoms with van der Waals surface area (Å²) in [6, 6.07) is 9.30. The van der Waals surface area contributed by atoms with Crippen molar-refractivity contribution in [2.45, 2.75) is 52.4 Å². The van der Waals surface area contributed by atoms with Crippen molar-refractivity contribution in [2.75, 3.05) is 13.2 Å². The Morgan fingerprint density at radius 1 is 1.13 bits per heavy atom. The Hall–Kier alpha value is -3.13. The van der Waals surface area contributed by atoms with Gasteiger partial charge in [-0.1, -0.05) is 24.3 Å². The number of hydrogen-bond acceptors (Lipinski definition) is 8. The summed E-state index contributed by atoms with van der Waals surface area (Å²) in [5.41, 5.74) is 2.19. The average molecular weight is 430 g/mol. The summed E-state index contributed by atoms with van der Waals surface area (Å²) in [5.74, 6) is -1.11. The molecule has 0 bridgehead atoms. The highest BCUT2D eigenvalue weighted by atomic mass is 16.6. The molecular formula is C23H26O8. The smallest absolute Gasteiger partial charge is 0.341 e. The maximum atomic E-state index is 12.3. The molecule has 31 heavy (non-hydrogen) atoms. The molecule has 3 atom stereocenters. The Morgan fingerprint density at radius 2 is 1.87 bits per heavy atom. The van der Waals surface area contributed by atoms with Gasteiger partial charge in [-0.2, -0.15) is 0 Å². The van der Waals surface area contributed by atoms with Crippen molar-refractivity contribution in [3.8, 4) is 0 Å². The predicted molar refractivity (Wildman–Crippen MR) is 108 cm³/mol. The third kappa shape index (κ3) is 5.14. The molecule has 2 aromatic rings. The first-order valence-electron chi connectivity index (χ1n) is 10.1. The second-order valence-corrected chi connectivity index (χ2v) is 7.24. The third-order valence-electron chi connectivity index (χ3n) is 5.02. The minimum Gasteiger partial charge on any atom is -0.465 e. The molecule has 1 aliphatic rings. The molecule has 2 heterocycles. The van der Waals surface area contributed by atoms with Gasteiger partial charge in [-0.15, -0.1) is 0 Å². The first-order valence-corrected chi connectivity index (χ1v) is 10.1. The summed E-state index contributed by atoms with van der Waals surface area (Å²) in [6.45, 7) is 6.34. The number of furan rings is 1. The van der Waals surface area contributed by atoms with Gasteiger partial charge in [-0.25, -0.2) is 4.79 Å². The molecule has 3 rings (SSSR count). The molecule has 0 amide bonds. The lowest BCUT2D eigenvalue weighted by Crippen LogP contribution is -2.43. The SMILES string of the molecule is CCOC(=O)c1cc([C@@H]2c3ccccc3CO[C@@H]2[C@@H](COC(C)=O)OC(C)=O)oc1C. The van der Waals surface area contributed by atoms with Crippen molar-refractivity contribution < 1.29 is 37.7 Å². The van der Waals surface area contributed by atoms with Crippen molar-refractivity contribution in [3.63, 3.8) is 0 Å². The fourth-order valence-electron chi connectivity index (χ4n) is 3.74. The summed E-state index contributed by atoms with van der Waals surface area (Å²) in [6.07, 6.45) is -1.56. The minimum absolute atomic E-state index is 0.164. The highest BCUT2D eigenvalue weighted by Gasteiger charge is 2.41. The lowest BCUT2D eigenvalue weighted by molar-refractivity contribution is -0.170. The van der Waals surface area contributed by atoms with E-state index in [0.717, 1.165) is 11.1 Å². The largest absolute Gasteiger partial charge is 0.465 e. The van der Waals surface area contributed by atoms with Gasteiger partial charge in [-0.3, -0.25) is 9.59 Å². The molecule has 8 heteroatoms. The summed E-state index contributed by atoms with van der Waals surface area (Å²) < 4.78 is 27.7. The highest BCUT2D eigenvalue weighted by Crippen LogP contribution is 2.40. The van der Waals surface area contributed by atoms with Crippen molar-refractivity contribution >= 4 is 17.9 Å². The second-order valence-electron chi connectivity index (χ2n) is 7.24. The van der Waals surface area contributed by atoms with Crippen molar-refractivity contribution in [1.29, 1.82) is 0 Å². The van der Waals surface area contributed by atoms with Gasteiger partial charge in [-0.05, 0) is 31.0 Å². The maximum absolute atomic E-state index is 12.3. The van der Waals surface area contributed by atoms with E-state index in [4.69, 9.17) is 23.4 Å². The third-order valence-corrected chi connectivity index (χ3v) is 5.02. The first-order chi connectivity index (χ1) is 14.8. The summed E-state index contributed by atoms with van der Waals surface area (Å²) >= 11 is 0. The molecule has 0 aliphatic carbocycles. The molecule has 1 aromatic carbocycles. The van der Waals surface area contributed by atoms with Crippen LogP contribution in [0.1, 0.15) is 59.7 Å². The zero-order valence-corrected chi connectivity index (χ0v) is 18.0. The van der Waals surface area contributed by atoms with Crippen molar-refractivity contribution in [2.24, 2.45) is 0 Å². The Kier molecular flexibility index (Phi) is 7.12. The molecule has 0 saturated carbocycles. The predicted octanol–water partition coefficient (Wildman–Crippen LogP) is 3.29. The van der Waals surface area contributed by atoms with E-state index in [1.807, 2.05) is 24.3 Å². The van der Waals surface area contributed by atoms with Gasteiger partial charge < -0.3 is 23.4 Å². The molecule has 0 saturated heterocycles. The van der Waals surface area contributed by atoms with Gasteiger partial charge in [0.2, 0.25) is 0 Å². The molecule has 1 aromatic heterocycles. The van der Waals surface area contributed by atoms with Crippen LogP contribution in [-0.2, 0) is 35.1 Å². The van der Waals surface area contributed by atoms with Crippen LogP contribution < -0.4 is 0 Å². The number of aryl methyl sites for hydroxylation is 1. The van der Waals surface area contributed by atoms with Crippen LogP contribution in [0.4, 0.5) is 0 Å². The zero-order chi connectivity index (χ0) is 22.5. The summed E-state index contributed by atoms with van der Waals surface area (Å²) in [4.78, 5) is 35.4. The number of fused-ring (bicyclic) bond motifs is 1. The number of ether oxygens (including phenoxy) is 4. The molecule has 0 fully saturated rings. The molecule has 0 radical (unpaired) electrons. The number of carbonyl (C=O) groups excluding carboxylic acids is 3. The van der Waals surface area contributed by atoms with E-state index in [0.29, 0.717) is 23.7 Å². The van der Waals surface area contributed by atoms with E-state index < -0.39 is 36.0 Å². The monoisotopic (exact) mass is 430 g/mol. The van der Waals surface area contributed by atoms with Crippen LogP contribution in [0.15, 0.2) is 34.7 Å². The Balaban J connectivity index is 2.05. The Labute approximate surface area is 180 Å². The van der Waals surface area contributed by atoms with Crippen LogP contribution in [0.25, 0.3) is 0 Å². The van der Waals surface area contributed by atoms with Crippen LogP contribution >= 0.6 is 0 Å². The van der Waals surface area contributed by atoms with E-state index in [2.05, 4.69) is 0 Å². The van der Waals surface area contributed by atoms with E-state index >= 15 is 0 Å². The standard InChI is InChI=1S/C23H26O8/c1-5-27-23(26)18-10-19(30-13(18)2)21-17-9-7-6-8-16(17)11-29-22(21)20(31-15(4)25)12-28-14(3)24/h6-10,20-22H,5,11-12H2,1-4H3/t20-,21+,22-/m1/s1. The number of benzene rings is 1. The van der Waals surface area contributed by atoms with Gasteiger partial charge in [0.25, 0.3) is 0 Å².